The van der Waals surface area contributed by atoms with E-state index >= 15 is 0 Å². The highest BCUT2D eigenvalue weighted by molar-refractivity contribution is 5.80. The number of esters is 1. The number of methoxy groups -OCH3 is 3. The van der Waals surface area contributed by atoms with Gasteiger partial charge in [0.1, 0.15) is 11.5 Å². The Balaban J connectivity index is 2.60. The van der Waals surface area contributed by atoms with Crippen LogP contribution in [-0.4, -0.2) is 46.9 Å². The standard InChI is InChI=1S/C16H25N3O4/c1-11(15(20)23-5)9-18-16(17-2)19-10-12-6-7-13(21-3)8-14(12)22-4/h6-8,11H,9-10H2,1-5H3,(H2,17,18,19). The summed E-state index contributed by atoms with van der Waals surface area (Å²) in [5, 5.41) is 6.26. The molecule has 1 unspecified atom stereocenters. The van der Waals surface area contributed by atoms with Gasteiger partial charge >= 0.3 is 5.97 Å². The molecule has 2 N–H and O–H groups in total. The second kappa shape index (κ2) is 9.55. The molecule has 128 valence electrons. The largest absolute Gasteiger partial charge is 0.497 e. The van der Waals surface area contributed by atoms with Gasteiger partial charge in [0, 0.05) is 31.8 Å². The van der Waals surface area contributed by atoms with E-state index in [1.807, 2.05) is 18.2 Å². The average Bonchev–Trinajstić information content (AvgIpc) is 2.60. The first-order valence-corrected chi connectivity index (χ1v) is 7.29. The molecule has 0 aliphatic carbocycles. The Bertz CT molecular complexity index is 546. The lowest BCUT2D eigenvalue weighted by Crippen LogP contribution is -2.40. The van der Waals surface area contributed by atoms with Gasteiger partial charge in [-0.3, -0.25) is 9.79 Å². The molecule has 7 heteroatoms. The van der Waals surface area contributed by atoms with Crippen LogP contribution in [0, 0.1) is 5.92 Å². The zero-order valence-electron chi connectivity index (χ0n) is 14.3. The van der Waals surface area contributed by atoms with Gasteiger partial charge in [0.15, 0.2) is 5.96 Å². The number of nitrogens with one attached hydrogen (secondary N) is 2. The van der Waals surface area contributed by atoms with Crippen molar-refractivity contribution in [1.29, 1.82) is 0 Å². The summed E-state index contributed by atoms with van der Waals surface area (Å²) in [5.41, 5.74) is 0.970. The fourth-order valence-corrected chi connectivity index (χ4v) is 1.93. The molecule has 0 aliphatic heterocycles. The molecule has 0 fully saturated rings. The maximum Gasteiger partial charge on any atom is 0.310 e. The van der Waals surface area contributed by atoms with Crippen LogP contribution in [0.4, 0.5) is 0 Å². The summed E-state index contributed by atoms with van der Waals surface area (Å²) in [6, 6.07) is 5.62. The number of carbonyl (C=O) groups is 1. The van der Waals surface area contributed by atoms with E-state index < -0.39 is 0 Å². The van der Waals surface area contributed by atoms with Crippen molar-refractivity contribution in [3.63, 3.8) is 0 Å². The number of guanidine groups is 1. The molecule has 0 aromatic heterocycles. The van der Waals surface area contributed by atoms with Crippen LogP contribution < -0.4 is 20.1 Å². The van der Waals surface area contributed by atoms with Crippen LogP contribution in [-0.2, 0) is 16.1 Å². The quantitative estimate of drug-likeness (QED) is 0.445. The Kier molecular flexibility index (Phi) is 7.73. The molecule has 0 spiro atoms. The predicted octanol–water partition coefficient (Wildman–Crippen LogP) is 1.18. The minimum Gasteiger partial charge on any atom is -0.497 e. The lowest BCUT2D eigenvalue weighted by molar-refractivity contribution is -0.144. The molecule has 0 amide bonds. The Labute approximate surface area is 137 Å². The van der Waals surface area contributed by atoms with E-state index in [1.54, 1.807) is 28.2 Å². The zero-order chi connectivity index (χ0) is 17.2. The molecule has 1 rings (SSSR count). The van der Waals surface area contributed by atoms with Gasteiger partial charge in [0.05, 0.1) is 27.2 Å². The van der Waals surface area contributed by atoms with E-state index in [0.717, 1.165) is 17.1 Å². The Morgan fingerprint density at radius 1 is 1.22 bits per heavy atom. The molecule has 1 atom stereocenters. The highest BCUT2D eigenvalue weighted by Crippen LogP contribution is 2.24. The topological polar surface area (TPSA) is 81.2 Å². The number of aliphatic imine (C=N–C) groups is 1. The molecule has 0 aliphatic rings. The van der Waals surface area contributed by atoms with Crippen LogP contribution in [0.25, 0.3) is 0 Å². The Hall–Kier alpha value is -2.44. The van der Waals surface area contributed by atoms with Crippen LogP contribution >= 0.6 is 0 Å². The van der Waals surface area contributed by atoms with E-state index in [2.05, 4.69) is 15.6 Å². The fourth-order valence-electron chi connectivity index (χ4n) is 1.93. The second-order valence-electron chi connectivity index (χ2n) is 4.91. The maximum absolute atomic E-state index is 11.4. The van der Waals surface area contributed by atoms with Gasteiger partial charge in [0.25, 0.3) is 0 Å². The van der Waals surface area contributed by atoms with Crippen molar-refractivity contribution >= 4 is 11.9 Å². The van der Waals surface area contributed by atoms with Gasteiger partial charge in [-0.25, -0.2) is 0 Å². The van der Waals surface area contributed by atoms with Gasteiger partial charge in [0.2, 0.25) is 0 Å². The smallest absolute Gasteiger partial charge is 0.310 e. The number of nitrogens with zero attached hydrogens (tertiary/aromatic N) is 1. The highest BCUT2D eigenvalue weighted by Gasteiger charge is 2.13. The molecule has 0 saturated heterocycles. The fraction of sp³-hybridized carbons (Fsp3) is 0.500. The van der Waals surface area contributed by atoms with Crippen molar-refractivity contribution in [2.75, 3.05) is 34.9 Å². The van der Waals surface area contributed by atoms with E-state index in [0.29, 0.717) is 19.0 Å². The number of carbonyl (C=O) groups excluding carboxylic acids is 1. The van der Waals surface area contributed by atoms with Crippen molar-refractivity contribution in [3.8, 4) is 11.5 Å². The lowest BCUT2D eigenvalue weighted by Gasteiger charge is -2.16. The summed E-state index contributed by atoms with van der Waals surface area (Å²) in [5.74, 6) is 1.55. The van der Waals surface area contributed by atoms with Gasteiger partial charge in [-0.15, -0.1) is 0 Å². The Morgan fingerprint density at radius 3 is 2.52 bits per heavy atom. The summed E-state index contributed by atoms with van der Waals surface area (Å²) < 4.78 is 15.2. The van der Waals surface area contributed by atoms with Gasteiger partial charge in [-0.2, -0.15) is 0 Å². The van der Waals surface area contributed by atoms with E-state index in [1.165, 1.54) is 7.11 Å². The molecule has 23 heavy (non-hydrogen) atoms. The summed E-state index contributed by atoms with van der Waals surface area (Å²) in [7, 11) is 6.27. The summed E-state index contributed by atoms with van der Waals surface area (Å²) in [4.78, 5) is 15.5. The molecule has 1 aromatic rings. The lowest BCUT2D eigenvalue weighted by atomic mass is 10.2. The molecule has 0 heterocycles. The molecule has 7 nitrogen and oxygen atoms in total. The number of ether oxygens (including phenoxy) is 3. The van der Waals surface area contributed by atoms with Crippen molar-refractivity contribution in [2.24, 2.45) is 10.9 Å². The molecule has 0 radical (unpaired) electrons. The van der Waals surface area contributed by atoms with Crippen molar-refractivity contribution < 1.29 is 19.0 Å². The van der Waals surface area contributed by atoms with E-state index in [4.69, 9.17) is 14.2 Å². The van der Waals surface area contributed by atoms with Crippen LogP contribution in [0.2, 0.25) is 0 Å². The van der Waals surface area contributed by atoms with Crippen LogP contribution in [0.5, 0.6) is 11.5 Å². The van der Waals surface area contributed by atoms with Crippen LogP contribution in [0.3, 0.4) is 0 Å². The third-order valence-corrected chi connectivity index (χ3v) is 3.34. The summed E-state index contributed by atoms with van der Waals surface area (Å²) in [6.45, 7) is 2.75. The normalized spacial score (nSPS) is 12.3. The summed E-state index contributed by atoms with van der Waals surface area (Å²) >= 11 is 0. The van der Waals surface area contributed by atoms with Crippen molar-refractivity contribution in [1.82, 2.24) is 10.6 Å². The highest BCUT2D eigenvalue weighted by atomic mass is 16.5. The first-order chi connectivity index (χ1) is 11.0. The average molecular weight is 323 g/mol. The number of rotatable bonds is 7. The number of hydrogen-bond donors (Lipinski definition) is 2. The third-order valence-electron chi connectivity index (χ3n) is 3.34. The first-order valence-electron chi connectivity index (χ1n) is 7.29. The third kappa shape index (κ3) is 5.69. The minimum absolute atomic E-state index is 0.255. The van der Waals surface area contributed by atoms with Crippen molar-refractivity contribution in [2.45, 2.75) is 13.5 Å². The van der Waals surface area contributed by atoms with E-state index in [9.17, 15) is 4.79 Å². The molecular weight excluding hydrogens is 298 g/mol. The van der Waals surface area contributed by atoms with E-state index in [-0.39, 0.29) is 11.9 Å². The zero-order valence-corrected chi connectivity index (χ0v) is 14.3. The predicted molar refractivity (Wildman–Crippen MR) is 88.9 cm³/mol. The number of hydrogen-bond acceptors (Lipinski definition) is 5. The Morgan fingerprint density at radius 2 is 1.96 bits per heavy atom. The molecule has 0 saturated carbocycles. The SMILES string of the molecule is CN=C(NCc1ccc(OC)cc1OC)NCC(C)C(=O)OC. The molecule has 1 aromatic carbocycles. The van der Waals surface area contributed by atoms with Crippen LogP contribution in [0.15, 0.2) is 23.2 Å². The maximum atomic E-state index is 11.4. The van der Waals surface area contributed by atoms with Gasteiger partial charge < -0.3 is 24.8 Å². The molecule has 0 bridgehead atoms. The first kappa shape index (κ1) is 18.6. The monoisotopic (exact) mass is 323 g/mol. The van der Waals surface area contributed by atoms with Crippen molar-refractivity contribution in [3.05, 3.63) is 23.8 Å². The second-order valence-corrected chi connectivity index (χ2v) is 4.91. The number of benzene rings is 1. The van der Waals surface area contributed by atoms with Crippen LogP contribution in [0.1, 0.15) is 12.5 Å². The summed E-state index contributed by atoms with van der Waals surface area (Å²) in [6.07, 6.45) is 0. The van der Waals surface area contributed by atoms with Gasteiger partial charge in [-0.1, -0.05) is 6.92 Å². The molecular formula is C16H25N3O4. The van der Waals surface area contributed by atoms with Gasteiger partial charge in [-0.05, 0) is 12.1 Å². The minimum atomic E-state index is -0.259.